The predicted octanol–water partition coefficient (Wildman–Crippen LogP) is 2.77. The number of carbonyl (C=O) groups excluding carboxylic acids is 1. The maximum atomic E-state index is 13.9. The fourth-order valence-electron chi connectivity index (χ4n) is 6.33. The zero-order valence-electron chi connectivity index (χ0n) is 20.4. The Bertz CT molecular complexity index is 1380. The van der Waals surface area contributed by atoms with Crippen LogP contribution in [0.2, 0.25) is 0 Å². The van der Waals surface area contributed by atoms with Crippen LogP contribution in [0, 0.1) is 5.92 Å². The Morgan fingerprint density at radius 3 is 2.71 bits per heavy atom. The van der Waals surface area contributed by atoms with Crippen molar-refractivity contribution in [1.29, 1.82) is 0 Å². The summed E-state index contributed by atoms with van der Waals surface area (Å²) in [6.07, 6.45) is 12.7. The largest absolute Gasteiger partial charge is 0.478 e. The van der Waals surface area contributed by atoms with Crippen molar-refractivity contribution in [2.45, 2.75) is 56.0 Å². The molecule has 184 valence electrons. The molecule has 2 bridgehead atoms. The first kappa shape index (κ1) is 21.9. The summed E-state index contributed by atoms with van der Waals surface area (Å²) in [5, 5.41) is 7.76. The lowest BCUT2D eigenvalue weighted by molar-refractivity contribution is -0.126. The van der Waals surface area contributed by atoms with Gasteiger partial charge in [0.1, 0.15) is 5.69 Å². The number of nitrogens with one attached hydrogen (secondary N) is 1. The minimum atomic E-state index is -0.0926. The molecule has 35 heavy (non-hydrogen) atoms. The zero-order valence-corrected chi connectivity index (χ0v) is 20.4. The molecule has 4 fully saturated rings. The molecular weight excluding hydrogens is 446 g/mol. The number of rotatable bonds is 7. The van der Waals surface area contributed by atoms with Crippen molar-refractivity contribution in [3.63, 3.8) is 0 Å². The van der Waals surface area contributed by atoms with Crippen LogP contribution < -0.4 is 15.7 Å². The standard InChI is InChI=1S/C25H31N7O3/c1-5-21(33)30(3)16-6-7-17(8-16)31-14-18(27-19-13-29(2)28-23(19)35-4)22-26-12-20(32(22)24(31)34)25-9-15(10-25)11-25/h5,12-17,27H,1,6-11H2,2-4H3. The molecule has 4 aliphatic rings. The molecule has 4 saturated carbocycles. The number of aromatic nitrogens is 5. The van der Waals surface area contributed by atoms with Gasteiger partial charge in [0, 0.05) is 37.8 Å². The molecule has 0 radical (unpaired) electrons. The molecule has 2 atom stereocenters. The first-order valence-electron chi connectivity index (χ1n) is 12.2. The Morgan fingerprint density at radius 1 is 1.29 bits per heavy atom. The second kappa shape index (κ2) is 7.73. The first-order chi connectivity index (χ1) is 16.8. The summed E-state index contributed by atoms with van der Waals surface area (Å²) in [7, 11) is 5.22. The van der Waals surface area contributed by atoms with Gasteiger partial charge >= 0.3 is 5.69 Å². The van der Waals surface area contributed by atoms with Gasteiger partial charge in [0.2, 0.25) is 5.91 Å². The quantitative estimate of drug-likeness (QED) is 0.526. The topological polar surface area (TPSA) is 98.7 Å². The molecule has 3 aromatic rings. The molecule has 0 aliphatic heterocycles. The second-order valence-corrected chi connectivity index (χ2v) is 10.4. The van der Waals surface area contributed by atoms with Gasteiger partial charge in [0.05, 0.1) is 30.9 Å². The number of amides is 1. The Labute approximate surface area is 203 Å². The van der Waals surface area contributed by atoms with Gasteiger partial charge in [-0.3, -0.25) is 14.0 Å². The smallest absolute Gasteiger partial charge is 0.334 e. The van der Waals surface area contributed by atoms with Crippen LogP contribution in [0.1, 0.15) is 50.3 Å². The third-order valence-electron chi connectivity index (χ3n) is 8.36. The number of nitrogens with zero attached hydrogens (tertiary/aromatic N) is 6. The summed E-state index contributed by atoms with van der Waals surface area (Å²) >= 11 is 0. The summed E-state index contributed by atoms with van der Waals surface area (Å²) in [6.45, 7) is 3.61. The van der Waals surface area contributed by atoms with Crippen LogP contribution in [0.5, 0.6) is 5.88 Å². The van der Waals surface area contributed by atoms with Crippen molar-refractivity contribution >= 4 is 22.9 Å². The maximum Gasteiger partial charge on any atom is 0.334 e. The van der Waals surface area contributed by atoms with Gasteiger partial charge in [-0.1, -0.05) is 6.58 Å². The van der Waals surface area contributed by atoms with E-state index in [1.165, 1.54) is 6.08 Å². The number of likely N-dealkylation sites (N-methyl/N-ethyl adjacent to an activating group) is 1. The van der Waals surface area contributed by atoms with E-state index in [9.17, 15) is 9.59 Å². The third-order valence-corrected chi connectivity index (χ3v) is 8.36. The highest BCUT2D eigenvalue weighted by molar-refractivity contribution is 5.87. The first-order valence-corrected chi connectivity index (χ1v) is 12.2. The second-order valence-electron chi connectivity index (χ2n) is 10.4. The lowest BCUT2D eigenvalue weighted by Crippen LogP contribution is -2.56. The highest BCUT2D eigenvalue weighted by Crippen LogP contribution is 2.65. The van der Waals surface area contributed by atoms with E-state index >= 15 is 0 Å². The van der Waals surface area contributed by atoms with E-state index in [1.807, 2.05) is 34.6 Å². The van der Waals surface area contributed by atoms with Crippen LogP contribution in [0.15, 0.2) is 36.0 Å². The minimum absolute atomic E-state index is 0.0170. The molecular formula is C25H31N7O3. The van der Waals surface area contributed by atoms with E-state index in [1.54, 1.807) is 23.7 Å². The number of ether oxygens (including phenoxy) is 1. The van der Waals surface area contributed by atoms with E-state index in [2.05, 4.69) is 17.0 Å². The van der Waals surface area contributed by atoms with Gasteiger partial charge in [-0.05, 0) is 50.5 Å². The van der Waals surface area contributed by atoms with Crippen LogP contribution in [-0.4, -0.2) is 54.7 Å². The van der Waals surface area contributed by atoms with Crippen molar-refractivity contribution in [3.8, 4) is 5.88 Å². The van der Waals surface area contributed by atoms with E-state index in [0.29, 0.717) is 23.6 Å². The summed E-state index contributed by atoms with van der Waals surface area (Å²) in [6, 6.07) is 0.0550. The summed E-state index contributed by atoms with van der Waals surface area (Å²) < 4.78 is 10.8. The molecule has 1 amide bonds. The number of methoxy groups -OCH3 is 1. The number of hydrogen-bond donors (Lipinski definition) is 1. The molecule has 2 unspecified atom stereocenters. The van der Waals surface area contributed by atoms with Crippen LogP contribution in [-0.2, 0) is 17.3 Å². The Kier molecular flexibility index (Phi) is 4.84. The highest BCUT2D eigenvalue weighted by atomic mass is 16.5. The fraction of sp³-hybridized carbons (Fsp3) is 0.520. The van der Waals surface area contributed by atoms with E-state index in [-0.39, 0.29) is 29.1 Å². The van der Waals surface area contributed by atoms with Gasteiger partial charge in [0.25, 0.3) is 5.88 Å². The van der Waals surface area contributed by atoms with Crippen LogP contribution in [0.3, 0.4) is 0 Å². The molecule has 10 nitrogen and oxygen atoms in total. The molecule has 4 aliphatic carbocycles. The lowest BCUT2D eigenvalue weighted by Gasteiger charge is -2.61. The fourth-order valence-corrected chi connectivity index (χ4v) is 6.33. The number of hydrogen-bond acceptors (Lipinski definition) is 6. The number of carbonyl (C=O) groups is 1. The zero-order chi connectivity index (χ0) is 24.5. The van der Waals surface area contributed by atoms with Crippen molar-refractivity contribution < 1.29 is 9.53 Å². The molecule has 1 N–H and O–H groups in total. The van der Waals surface area contributed by atoms with Crippen LogP contribution in [0.25, 0.3) is 5.65 Å². The predicted molar refractivity (Wildman–Crippen MR) is 131 cm³/mol. The Hall–Kier alpha value is -3.56. The summed E-state index contributed by atoms with van der Waals surface area (Å²) in [4.78, 5) is 32.5. The molecule has 3 aromatic heterocycles. The minimum Gasteiger partial charge on any atom is -0.478 e. The van der Waals surface area contributed by atoms with Crippen LogP contribution >= 0.6 is 0 Å². The Morgan fingerprint density at radius 2 is 2.06 bits per heavy atom. The highest BCUT2D eigenvalue weighted by Gasteiger charge is 2.59. The Balaban J connectivity index is 1.44. The number of aryl methyl sites for hydroxylation is 1. The summed E-state index contributed by atoms with van der Waals surface area (Å²) in [5.74, 6) is 1.17. The van der Waals surface area contributed by atoms with E-state index in [4.69, 9.17) is 9.72 Å². The molecule has 0 aromatic carbocycles. The molecule has 10 heteroatoms. The van der Waals surface area contributed by atoms with Crippen molar-refractivity contribution in [2.75, 3.05) is 19.5 Å². The van der Waals surface area contributed by atoms with E-state index in [0.717, 1.165) is 49.4 Å². The molecule has 0 spiro atoms. The van der Waals surface area contributed by atoms with Crippen LogP contribution in [0.4, 0.5) is 11.4 Å². The number of imidazole rings is 1. The average molecular weight is 478 g/mol. The monoisotopic (exact) mass is 477 g/mol. The van der Waals surface area contributed by atoms with Gasteiger partial charge in [-0.15, -0.1) is 5.10 Å². The van der Waals surface area contributed by atoms with Gasteiger partial charge < -0.3 is 15.0 Å². The third kappa shape index (κ3) is 3.22. The van der Waals surface area contributed by atoms with Crippen molar-refractivity contribution in [3.05, 3.63) is 47.4 Å². The van der Waals surface area contributed by atoms with Gasteiger partial charge in [-0.25, -0.2) is 14.2 Å². The maximum absolute atomic E-state index is 13.9. The van der Waals surface area contributed by atoms with Crippen molar-refractivity contribution in [1.82, 2.24) is 28.6 Å². The molecule has 7 rings (SSSR count). The SMILES string of the molecule is C=CC(=O)N(C)C1CCC(n2cc(Nc3cn(C)nc3OC)c3ncc(C45CC(C4)C5)n3c2=O)C1. The average Bonchev–Trinajstić information content (AvgIpc) is 3.51. The normalized spacial score (nSPS) is 26.8. The summed E-state index contributed by atoms with van der Waals surface area (Å²) in [5.41, 5.74) is 3.09. The molecule has 3 heterocycles. The van der Waals surface area contributed by atoms with Gasteiger partial charge in [0.15, 0.2) is 5.65 Å². The molecule has 0 saturated heterocycles. The van der Waals surface area contributed by atoms with Gasteiger partial charge in [-0.2, -0.15) is 0 Å². The number of anilines is 2. The van der Waals surface area contributed by atoms with E-state index < -0.39 is 0 Å². The number of fused-ring (bicyclic) bond motifs is 1. The van der Waals surface area contributed by atoms with Crippen molar-refractivity contribution in [2.24, 2.45) is 13.0 Å². The lowest BCUT2D eigenvalue weighted by atomic mass is 9.43.